The molecule has 262 valence electrons. The van der Waals surface area contributed by atoms with E-state index < -0.39 is 67.9 Å². The van der Waals surface area contributed by atoms with Crippen LogP contribution in [0, 0.1) is 0 Å². The van der Waals surface area contributed by atoms with Gasteiger partial charge in [0, 0.05) is 0 Å². The standard InChI is InChI=1S/C24H40O18S3/c25-23(33-13-5-1-9-19-17-37-44(29,30)41-19)34-14-6-3-11-21-22(40-24(26)39-21)12-4-8-16-36-43(27,28)35-15-7-2-10-20-18-38-45(31,32)42-20/h19-22H,1-18H2. The number of hydrogen-bond acceptors (Lipinski definition) is 18. The molecule has 0 amide bonds. The Balaban J connectivity index is 1.15. The first-order valence-corrected chi connectivity index (χ1v) is 18.7. The highest BCUT2D eigenvalue weighted by Gasteiger charge is 2.35. The predicted octanol–water partition coefficient (Wildman–Crippen LogP) is 2.32. The van der Waals surface area contributed by atoms with E-state index in [1.807, 2.05) is 0 Å². The van der Waals surface area contributed by atoms with Crippen molar-refractivity contribution in [3.05, 3.63) is 0 Å². The molecule has 21 heteroatoms. The van der Waals surface area contributed by atoms with Gasteiger partial charge in [-0.05, 0) is 77.0 Å². The van der Waals surface area contributed by atoms with Crippen LogP contribution in [0.2, 0.25) is 0 Å². The van der Waals surface area contributed by atoms with Crippen molar-refractivity contribution in [3.63, 3.8) is 0 Å². The Labute approximate surface area is 263 Å². The molecule has 4 unspecified atom stereocenters. The van der Waals surface area contributed by atoms with Crippen LogP contribution in [-0.4, -0.2) is 102 Å². The van der Waals surface area contributed by atoms with Crippen LogP contribution in [0.4, 0.5) is 9.59 Å². The van der Waals surface area contributed by atoms with E-state index in [-0.39, 0.29) is 39.6 Å². The summed E-state index contributed by atoms with van der Waals surface area (Å²) in [5.74, 6) is 0. The van der Waals surface area contributed by atoms with Gasteiger partial charge >= 0.3 is 43.5 Å². The molecular formula is C24H40O18S3. The van der Waals surface area contributed by atoms with E-state index in [0.717, 1.165) is 0 Å². The summed E-state index contributed by atoms with van der Waals surface area (Å²) in [7, 11) is -12.0. The summed E-state index contributed by atoms with van der Waals surface area (Å²) < 4.78 is 116. The average molecular weight is 713 g/mol. The first-order valence-electron chi connectivity index (χ1n) is 14.7. The Morgan fingerprint density at radius 2 is 1.04 bits per heavy atom. The summed E-state index contributed by atoms with van der Waals surface area (Å²) in [5.41, 5.74) is 0. The van der Waals surface area contributed by atoms with Crippen molar-refractivity contribution in [1.29, 1.82) is 0 Å². The van der Waals surface area contributed by atoms with Crippen molar-refractivity contribution in [2.75, 3.05) is 39.6 Å². The van der Waals surface area contributed by atoms with Gasteiger partial charge in [-0.1, -0.05) is 0 Å². The zero-order valence-corrected chi connectivity index (χ0v) is 27.1. The fraction of sp³-hybridized carbons (Fsp3) is 0.917. The molecular weight excluding hydrogens is 672 g/mol. The zero-order chi connectivity index (χ0) is 32.8. The normalized spacial score (nSPS) is 25.6. The van der Waals surface area contributed by atoms with Crippen molar-refractivity contribution in [1.82, 2.24) is 0 Å². The fourth-order valence-corrected chi connectivity index (χ4v) is 6.92. The Bertz CT molecular complexity index is 1250. The van der Waals surface area contributed by atoms with Gasteiger partial charge < -0.3 is 18.9 Å². The summed E-state index contributed by atoms with van der Waals surface area (Å²) in [4.78, 5) is 23.3. The number of carbonyl (C=O) groups is 2. The number of unbranched alkanes of at least 4 members (excludes halogenated alkanes) is 4. The summed E-state index contributed by atoms with van der Waals surface area (Å²) in [6, 6.07) is 0. The minimum absolute atomic E-state index is 0.0208. The Morgan fingerprint density at radius 1 is 0.644 bits per heavy atom. The largest absolute Gasteiger partial charge is 0.509 e. The molecule has 4 atom stereocenters. The predicted molar refractivity (Wildman–Crippen MR) is 148 cm³/mol. The molecule has 0 saturated carbocycles. The van der Waals surface area contributed by atoms with Crippen LogP contribution in [0.25, 0.3) is 0 Å². The highest BCUT2D eigenvalue weighted by molar-refractivity contribution is 7.82. The number of rotatable bonds is 22. The lowest BCUT2D eigenvalue weighted by Gasteiger charge is -2.15. The second kappa shape index (κ2) is 18.5. The third-order valence-electron chi connectivity index (χ3n) is 6.72. The van der Waals surface area contributed by atoms with Crippen molar-refractivity contribution in [3.8, 4) is 0 Å². The Kier molecular flexibility index (Phi) is 15.4. The lowest BCUT2D eigenvalue weighted by molar-refractivity contribution is 0.0513. The average Bonchev–Trinajstić information content (AvgIpc) is 3.62. The molecule has 3 aliphatic rings. The molecule has 0 spiro atoms. The van der Waals surface area contributed by atoms with Crippen LogP contribution >= 0.6 is 0 Å². The molecule has 3 saturated heterocycles. The molecule has 45 heavy (non-hydrogen) atoms. The quantitative estimate of drug-likeness (QED) is 0.116. The number of cyclic esters (lactones) is 2. The summed E-state index contributed by atoms with van der Waals surface area (Å²) >= 11 is 0. The monoisotopic (exact) mass is 712 g/mol. The van der Waals surface area contributed by atoms with Gasteiger partial charge in [0.25, 0.3) is 0 Å². The van der Waals surface area contributed by atoms with E-state index in [9.17, 15) is 34.8 Å². The second-order valence-corrected chi connectivity index (χ2v) is 14.1. The SMILES string of the molecule is O=C(OCCCCC1COS(=O)(=O)O1)OCCCCC1OC(=O)OC1CCCCOS(=O)(=O)OCCCCC1COS(=O)(=O)O1. The van der Waals surface area contributed by atoms with Gasteiger partial charge in [0.2, 0.25) is 0 Å². The van der Waals surface area contributed by atoms with E-state index in [2.05, 4.69) is 12.5 Å². The maximum atomic E-state index is 11.9. The molecule has 3 fully saturated rings. The summed E-state index contributed by atoms with van der Waals surface area (Å²) in [6.45, 7) is -0.116. The van der Waals surface area contributed by atoms with Crippen LogP contribution in [0.3, 0.4) is 0 Å². The summed E-state index contributed by atoms with van der Waals surface area (Å²) in [6.07, 6.45) is 1.87. The molecule has 0 radical (unpaired) electrons. The lowest BCUT2D eigenvalue weighted by atomic mass is 10.0. The third-order valence-corrected chi connectivity index (χ3v) is 9.49. The number of ether oxygens (including phenoxy) is 4. The van der Waals surface area contributed by atoms with E-state index in [4.69, 9.17) is 31.5 Å². The van der Waals surface area contributed by atoms with Crippen molar-refractivity contribution >= 4 is 43.5 Å². The third kappa shape index (κ3) is 15.5. The number of hydrogen-bond donors (Lipinski definition) is 0. The first-order chi connectivity index (χ1) is 21.3. The molecule has 0 aromatic rings. The van der Waals surface area contributed by atoms with Crippen LogP contribution in [0.5, 0.6) is 0 Å². The molecule has 3 aliphatic heterocycles. The van der Waals surface area contributed by atoms with Crippen molar-refractivity contribution < 1.29 is 78.9 Å². The molecule has 3 heterocycles. The van der Waals surface area contributed by atoms with E-state index in [1.54, 1.807) is 0 Å². The van der Waals surface area contributed by atoms with Crippen LogP contribution < -0.4 is 0 Å². The first kappa shape index (κ1) is 37.6. The van der Waals surface area contributed by atoms with Gasteiger partial charge in [-0.3, -0.25) is 0 Å². The highest BCUT2D eigenvalue weighted by atomic mass is 32.3. The van der Waals surface area contributed by atoms with Crippen LogP contribution in [0.1, 0.15) is 77.0 Å². The zero-order valence-electron chi connectivity index (χ0n) is 24.6. The van der Waals surface area contributed by atoms with Gasteiger partial charge in [0.1, 0.15) is 24.4 Å². The van der Waals surface area contributed by atoms with Gasteiger partial charge in [0.05, 0.1) is 39.6 Å². The smallest absolute Gasteiger partial charge is 0.434 e. The topological polar surface area (TPSA) is 229 Å². The molecule has 18 nitrogen and oxygen atoms in total. The molecule has 0 bridgehead atoms. The van der Waals surface area contributed by atoms with Gasteiger partial charge in [0.15, 0.2) is 0 Å². The second-order valence-electron chi connectivity index (χ2n) is 10.4. The molecule has 3 rings (SSSR count). The fourth-order valence-electron chi connectivity index (χ4n) is 4.49. The minimum atomic E-state index is -4.19. The Hall–Kier alpha value is -1.85. The van der Waals surface area contributed by atoms with Crippen molar-refractivity contribution in [2.45, 2.75) is 101 Å². The summed E-state index contributed by atoms with van der Waals surface area (Å²) in [5, 5.41) is 0. The van der Waals surface area contributed by atoms with Crippen molar-refractivity contribution in [2.24, 2.45) is 0 Å². The van der Waals surface area contributed by atoms with Crippen LogP contribution in [-0.2, 0) is 75.2 Å². The molecule has 0 aromatic heterocycles. The molecule has 0 aromatic carbocycles. The van der Waals surface area contributed by atoms with Gasteiger partial charge in [-0.15, -0.1) is 0 Å². The van der Waals surface area contributed by atoms with E-state index >= 15 is 0 Å². The highest BCUT2D eigenvalue weighted by Crippen LogP contribution is 2.25. The number of carbonyl (C=O) groups excluding carboxylic acids is 2. The van der Waals surface area contributed by atoms with E-state index in [0.29, 0.717) is 77.0 Å². The molecule has 0 aliphatic carbocycles. The maximum absolute atomic E-state index is 11.9. The van der Waals surface area contributed by atoms with Crippen LogP contribution in [0.15, 0.2) is 0 Å². The minimum Gasteiger partial charge on any atom is -0.434 e. The van der Waals surface area contributed by atoms with E-state index in [1.165, 1.54) is 0 Å². The van der Waals surface area contributed by atoms with Gasteiger partial charge in [-0.2, -0.15) is 25.3 Å². The lowest BCUT2D eigenvalue weighted by Crippen LogP contribution is -2.23. The maximum Gasteiger partial charge on any atom is 0.509 e. The molecule has 0 N–H and O–H groups in total. The Morgan fingerprint density at radius 3 is 1.44 bits per heavy atom. The van der Waals surface area contributed by atoms with Gasteiger partial charge in [-0.25, -0.2) is 34.7 Å².